The first-order chi connectivity index (χ1) is 10.1. The molecule has 0 atom stereocenters. The topological polar surface area (TPSA) is 66.9 Å². The number of carbonyl (C=O) groups is 1. The van der Waals surface area contributed by atoms with Crippen LogP contribution in [-0.4, -0.2) is 22.6 Å². The minimum absolute atomic E-state index is 0.123. The van der Waals surface area contributed by atoms with Gasteiger partial charge >= 0.3 is 0 Å². The molecule has 0 aliphatic heterocycles. The van der Waals surface area contributed by atoms with Crippen molar-refractivity contribution in [2.45, 2.75) is 13.3 Å². The average Bonchev–Trinajstić information content (AvgIpc) is 2.48. The lowest BCUT2D eigenvalue weighted by Crippen LogP contribution is -2.15. The monoisotopic (exact) mass is 308 g/mol. The molecule has 1 aromatic carbocycles. The summed E-state index contributed by atoms with van der Waals surface area (Å²) in [5.41, 5.74) is 0.468. The van der Waals surface area contributed by atoms with E-state index < -0.39 is 11.7 Å². The summed E-state index contributed by atoms with van der Waals surface area (Å²) in [4.78, 5) is 12.0. The Morgan fingerprint density at radius 3 is 2.71 bits per heavy atom. The number of amides is 1. The number of halogens is 2. The Balaban J connectivity index is 2.06. The molecule has 7 heteroatoms. The van der Waals surface area contributed by atoms with Crippen LogP contribution < -0.4 is 10.6 Å². The molecule has 2 N–H and O–H groups in total. The quantitative estimate of drug-likeness (QED) is 0.889. The van der Waals surface area contributed by atoms with E-state index in [1.807, 2.05) is 6.92 Å². The van der Waals surface area contributed by atoms with Crippen LogP contribution in [0.15, 0.2) is 30.3 Å². The Kier molecular flexibility index (Phi) is 5.05. The van der Waals surface area contributed by atoms with Crippen LogP contribution in [0.3, 0.4) is 0 Å². The second kappa shape index (κ2) is 6.99. The highest BCUT2D eigenvalue weighted by molar-refractivity contribution is 6.33. The molecule has 0 bridgehead atoms. The van der Waals surface area contributed by atoms with Gasteiger partial charge in [-0.3, -0.25) is 4.79 Å². The standard InChI is InChI=1S/C14H14ClFN4O/c1-2-7-17-13-6-5-12(19-20-13)14(21)18-11-4-3-9(16)8-10(11)15/h3-6,8H,2,7H2,1H3,(H,17,20)(H,18,21). The normalized spacial score (nSPS) is 10.2. The zero-order chi connectivity index (χ0) is 15.2. The van der Waals surface area contributed by atoms with Gasteiger partial charge in [0.05, 0.1) is 10.7 Å². The van der Waals surface area contributed by atoms with Crippen molar-refractivity contribution in [3.05, 3.63) is 46.9 Å². The SMILES string of the molecule is CCCNc1ccc(C(=O)Nc2ccc(F)cc2Cl)nn1. The first-order valence-electron chi connectivity index (χ1n) is 6.44. The fraction of sp³-hybridized carbons (Fsp3) is 0.214. The van der Waals surface area contributed by atoms with Gasteiger partial charge in [-0.05, 0) is 36.8 Å². The van der Waals surface area contributed by atoms with E-state index in [4.69, 9.17) is 11.6 Å². The van der Waals surface area contributed by atoms with E-state index in [0.717, 1.165) is 19.0 Å². The van der Waals surface area contributed by atoms with Crippen LogP contribution in [0.5, 0.6) is 0 Å². The van der Waals surface area contributed by atoms with Gasteiger partial charge in [-0.2, -0.15) is 0 Å². The third kappa shape index (κ3) is 4.13. The van der Waals surface area contributed by atoms with E-state index in [1.165, 1.54) is 12.1 Å². The third-order valence-electron chi connectivity index (χ3n) is 2.63. The highest BCUT2D eigenvalue weighted by atomic mass is 35.5. The van der Waals surface area contributed by atoms with Gasteiger partial charge in [0.25, 0.3) is 5.91 Å². The lowest BCUT2D eigenvalue weighted by atomic mass is 10.3. The van der Waals surface area contributed by atoms with Gasteiger partial charge in [-0.25, -0.2) is 4.39 Å². The molecular weight excluding hydrogens is 295 g/mol. The third-order valence-corrected chi connectivity index (χ3v) is 2.95. The number of aromatic nitrogens is 2. The van der Waals surface area contributed by atoms with Gasteiger partial charge in [0.1, 0.15) is 11.6 Å². The van der Waals surface area contributed by atoms with Crippen molar-refractivity contribution in [3.63, 3.8) is 0 Å². The minimum Gasteiger partial charge on any atom is -0.369 e. The first-order valence-corrected chi connectivity index (χ1v) is 6.82. The highest BCUT2D eigenvalue weighted by Crippen LogP contribution is 2.22. The van der Waals surface area contributed by atoms with E-state index in [-0.39, 0.29) is 10.7 Å². The molecule has 0 unspecified atom stereocenters. The van der Waals surface area contributed by atoms with Crippen molar-refractivity contribution in [2.75, 3.05) is 17.2 Å². The Morgan fingerprint density at radius 1 is 1.29 bits per heavy atom. The summed E-state index contributed by atoms with van der Waals surface area (Å²) in [6.07, 6.45) is 0.965. The number of nitrogens with zero attached hydrogens (tertiary/aromatic N) is 2. The molecule has 0 aliphatic rings. The van der Waals surface area contributed by atoms with E-state index in [0.29, 0.717) is 11.5 Å². The van der Waals surface area contributed by atoms with E-state index in [2.05, 4.69) is 20.8 Å². The smallest absolute Gasteiger partial charge is 0.276 e. The molecule has 2 aromatic rings. The number of hydrogen-bond donors (Lipinski definition) is 2. The van der Waals surface area contributed by atoms with Gasteiger partial charge in [0, 0.05) is 6.54 Å². The van der Waals surface area contributed by atoms with E-state index in [9.17, 15) is 9.18 Å². The number of benzene rings is 1. The maximum Gasteiger partial charge on any atom is 0.276 e. The van der Waals surface area contributed by atoms with Crippen LogP contribution in [-0.2, 0) is 0 Å². The largest absolute Gasteiger partial charge is 0.369 e. The van der Waals surface area contributed by atoms with Crippen molar-refractivity contribution >= 4 is 29.0 Å². The number of rotatable bonds is 5. The zero-order valence-corrected chi connectivity index (χ0v) is 12.1. The molecule has 5 nitrogen and oxygen atoms in total. The van der Waals surface area contributed by atoms with Crippen LogP contribution >= 0.6 is 11.6 Å². The number of nitrogens with one attached hydrogen (secondary N) is 2. The molecule has 1 aromatic heterocycles. The summed E-state index contributed by atoms with van der Waals surface area (Å²) in [5, 5.41) is 13.5. The molecule has 0 saturated carbocycles. The minimum atomic E-state index is -0.468. The lowest BCUT2D eigenvalue weighted by molar-refractivity contribution is 0.102. The van der Waals surface area contributed by atoms with E-state index in [1.54, 1.807) is 12.1 Å². The second-order valence-electron chi connectivity index (χ2n) is 4.31. The average molecular weight is 309 g/mol. The fourth-order valence-corrected chi connectivity index (χ4v) is 1.79. The molecule has 110 valence electrons. The summed E-state index contributed by atoms with van der Waals surface area (Å²) in [5.74, 6) is -0.324. The van der Waals surface area contributed by atoms with Crippen molar-refractivity contribution in [2.24, 2.45) is 0 Å². The van der Waals surface area contributed by atoms with Crippen molar-refractivity contribution < 1.29 is 9.18 Å². The molecule has 0 radical (unpaired) electrons. The molecule has 21 heavy (non-hydrogen) atoms. The van der Waals surface area contributed by atoms with Gasteiger partial charge in [0.2, 0.25) is 0 Å². The zero-order valence-electron chi connectivity index (χ0n) is 11.4. The van der Waals surface area contributed by atoms with Crippen LogP contribution in [0.2, 0.25) is 5.02 Å². The van der Waals surface area contributed by atoms with Crippen LogP contribution in [0, 0.1) is 5.82 Å². The first kappa shape index (κ1) is 15.2. The maximum atomic E-state index is 12.9. The van der Waals surface area contributed by atoms with Crippen molar-refractivity contribution in [1.29, 1.82) is 0 Å². The van der Waals surface area contributed by atoms with Crippen LogP contribution in [0.1, 0.15) is 23.8 Å². The maximum absolute atomic E-state index is 12.9. The number of carbonyl (C=O) groups excluding carboxylic acids is 1. The van der Waals surface area contributed by atoms with Crippen LogP contribution in [0.4, 0.5) is 15.9 Å². The summed E-state index contributed by atoms with van der Waals surface area (Å²) in [6, 6.07) is 6.95. The Hall–Kier alpha value is -2.21. The van der Waals surface area contributed by atoms with Crippen molar-refractivity contribution in [3.8, 4) is 0 Å². The predicted octanol–water partition coefficient (Wildman–Crippen LogP) is 3.34. The summed E-state index contributed by atoms with van der Waals surface area (Å²) >= 11 is 5.84. The molecule has 1 heterocycles. The summed E-state index contributed by atoms with van der Waals surface area (Å²) in [6.45, 7) is 2.82. The molecular formula is C14H14ClFN4O. The second-order valence-corrected chi connectivity index (χ2v) is 4.72. The van der Waals surface area contributed by atoms with Crippen molar-refractivity contribution in [1.82, 2.24) is 10.2 Å². The molecule has 0 spiro atoms. The van der Waals surface area contributed by atoms with Gasteiger partial charge in [-0.1, -0.05) is 18.5 Å². The van der Waals surface area contributed by atoms with Gasteiger partial charge in [0.15, 0.2) is 5.69 Å². The Bertz CT molecular complexity index is 633. The lowest BCUT2D eigenvalue weighted by Gasteiger charge is -2.07. The van der Waals surface area contributed by atoms with Gasteiger partial charge in [-0.15, -0.1) is 10.2 Å². The molecule has 0 aliphatic carbocycles. The molecule has 1 amide bonds. The van der Waals surface area contributed by atoms with E-state index >= 15 is 0 Å². The predicted molar refractivity (Wildman–Crippen MR) is 80.2 cm³/mol. The molecule has 2 rings (SSSR count). The number of anilines is 2. The highest BCUT2D eigenvalue weighted by Gasteiger charge is 2.11. The Labute approximate surface area is 126 Å². The fourth-order valence-electron chi connectivity index (χ4n) is 1.58. The van der Waals surface area contributed by atoms with Gasteiger partial charge < -0.3 is 10.6 Å². The number of hydrogen-bond acceptors (Lipinski definition) is 4. The molecule has 0 fully saturated rings. The Morgan fingerprint density at radius 2 is 2.10 bits per heavy atom. The summed E-state index contributed by atoms with van der Waals surface area (Å²) < 4.78 is 12.9. The summed E-state index contributed by atoms with van der Waals surface area (Å²) in [7, 11) is 0. The van der Waals surface area contributed by atoms with Crippen LogP contribution in [0.25, 0.3) is 0 Å². The molecule has 0 saturated heterocycles.